The number of nitrogens with zero attached hydrogens (tertiary/aromatic N) is 1. The Balaban J connectivity index is 1.77. The molecule has 0 bridgehead atoms. The zero-order chi connectivity index (χ0) is 13.6. The molecule has 0 aliphatic carbocycles. The van der Waals surface area contributed by atoms with Crippen LogP contribution in [0.4, 0.5) is 5.69 Å². The molecule has 0 amide bonds. The molecule has 0 unspecified atom stereocenters. The summed E-state index contributed by atoms with van der Waals surface area (Å²) in [6.07, 6.45) is 1.81. The number of hydrogen-bond donors (Lipinski definition) is 0. The number of hydrogen-bond acceptors (Lipinski definition) is 4. The maximum absolute atomic E-state index is 5.70. The average molecular weight is 287 g/mol. The van der Waals surface area contributed by atoms with Gasteiger partial charge in [-0.3, -0.25) is 4.99 Å². The minimum atomic E-state index is -1.28. The summed E-state index contributed by atoms with van der Waals surface area (Å²) in [7, 11) is -1.28. The first-order valence-corrected chi connectivity index (χ1v) is 7.43. The lowest BCUT2D eigenvalue weighted by Crippen LogP contribution is -1.88. The van der Waals surface area contributed by atoms with Gasteiger partial charge in [-0.1, -0.05) is 42.5 Å². The first-order valence-electron chi connectivity index (χ1n) is 6.34. The van der Waals surface area contributed by atoms with Crippen LogP contribution in [0.15, 0.2) is 59.6 Å². The van der Waals surface area contributed by atoms with Gasteiger partial charge in [-0.15, -0.1) is 0 Å². The molecule has 2 aromatic carbocycles. The van der Waals surface area contributed by atoms with Crippen LogP contribution in [0.3, 0.4) is 0 Å². The molecule has 1 aliphatic rings. The molecule has 1 saturated heterocycles. The van der Waals surface area contributed by atoms with Gasteiger partial charge in [-0.25, -0.2) is 0 Å². The smallest absolute Gasteiger partial charge is 0.397 e. The molecule has 0 N–H and O–H groups in total. The summed E-state index contributed by atoms with van der Waals surface area (Å²) in [6, 6.07) is 17.5. The van der Waals surface area contributed by atoms with Gasteiger partial charge in [0.2, 0.25) is 0 Å². The van der Waals surface area contributed by atoms with Crippen molar-refractivity contribution in [2.45, 2.75) is 0 Å². The monoisotopic (exact) mass is 287 g/mol. The Hall–Kier alpha value is -1.74. The molecule has 2 aromatic rings. The van der Waals surface area contributed by atoms with Crippen molar-refractivity contribution in [3.05, 3.63) is 60.2 Å². The lowest BCUT2D eigenvalue weighted by Gasteiger charge is -2.10. The molecule has 5 heteroatoms. The van der Waals surface area contributed by atoms with Crippen molar-refractivity contribution in [1.82, 2.24) is 0 Å². The van der Waals surface area contributed by atoms with E-state index in [4.69, 9.17) is 13.6 Å². The Morgan fingerprint density at radius 2 is 1.65 bits per heavy atom. The van der Waals surface area contributed by atoms with Crippen molar-refractivity contribution in [3.8, 4) is 5.75 Å². The molecule has 102 valence electrons. The molecule has 0 radical (unpaired) electrons. The summed E-state index contributed by atoms with van der Waals surface area (Å²) in [5, 5.41) is 0. The van der Waals surface area contributed by atoms with E-state index in [9.17, 15) is 0 Å². The Morgan fingerprint density at radius 1 is 0.950 bits per heavy atom. The van der Waals surface area contributed by atoms with E-state index in [-0.39, 0.29) is 0 Å². The SMILES string of the molecule is C(=Nc1ccccc1OP1OCCO1)c1ccccc1. The molecule has 0 spiro atoms. The Kier molecular flexibility index (Phi) is 4.38. The van der Waals surface area contributed by atoms with E-state index >= 15 is 0 Å². The summed E-state index contributed by atoms with van der Waals surface area (Å²) in [5.41, 5.74) is 1.80. The van der Waals surface area contributed by atoms with Crippen LogP contribution in [0.2, 0.25) is 0 Å². The fourth-order valence-corrected chi connectivity index (χ4v) is 2.66. The Morgan fingerprint density at radius 3 is 2.45 bits per heavy atom. The molecule has 1 heterocycles. The fraction of sp³-hybridized carbons (Fsp3) is 0.133. The van der Waals surface area contributed by atoms with Crippen LogP contribution < -0.4 is 4.52 Å². The predicted octanol–water partition coefficient (Wildman–Crippen LogP) is 4.09. The zero-order valence-electron chi connectivity index (χ0n) is 10.8. The highest BCUT2D eigenvalue weighted by Gasteiger charge is 2.21. The third kappa shape index (κ3) is 3.42. The second-order valence-electron chi connectivity index (χ2n) is 4.12. The lowest BCUT2D eigenvalue weighted by atomic mass is 10.2. The molecule has 0 aromatic heterocycles. The first-order chi connectivity index (χ1) is 9.92. The molecule has 4 nitrogen and oxygen atoms in total. The minimum absolute atomic E-state index is 0.584. The normalized spacial score (nSPS) is 15.8. The van der Waals surface area contributed by atoms with Gasteiger partial charge in [0.1, 0.15) is 5.69 Å². The van der Waals surface area contributed by atoms with Crippen molar-refractivity contribution in [3.63, 3.8) is 0 Å². The highest BCUT2D eigenvalue weighted by Crippen LogP contribution is 2.46. The van der Waals surface area contributed by atoms with Crippen LogP contribution in [-0.2, 0) is 9.05 Å². The summed E-state index contributed by atoms with van der Waals surface area (Å²) in [5.74, 6) is 0.674. The second-order valence-corrected chi connectivity index (χ2v) is 5.26. The molecular weight excluding hydrogens is 273 g/mol. The van der Waals surface area contributed by atoms with Gasteiger partial charge in [-0.05, 0) is 17.7 Å². The lowest BCUT2D eigenvalue weighted by molar-refractivity contribution is 0.354. The van der Waals surface area contributed by atoms with Gasteiger partial charge in [0.15, 0.2) is 5.75 Å². The molecule has 20 heavy (non-hydrogen) atoms. The van der Waals surface area contributed by atoms with Crippen LogP contribution in [0.5, 0.6) is 5.75 Å². The third-order valence-corrected chi connectivity index (χ3v) is 3.80. The summed E-state index contributed by atoms with van der Waals surface area (Å²) in [6.45, 7) is 1.17. The van der Waals surface area contributed by atoms with Crippen LogP contribution in [0, 0.1) is 0 Å². The van der Waals surface area contributed by atoms with Crippen LogP contribution in [0.1, 0.15) is 5.56 Å². The quantitative estimate of drug-likeness (QED) is 0.628. The van der Waals surface area contributed by atoms with Crippen LogP contribution in [0.25, 0.3) is 0 Å². The average Bonchev–Trinajstić information content (AvgIpc) is 3.00. The Bertz CT molecular complexity index is 583. The number of para-hydroxylation sites is 2. The molecule has 1 aliphatic heterocycles. The van der Waals surface area contributed by atoms with Gasteiger partial charge in [0.25, 0.3) is 0 Å². The van der Waals surface area contributed by atoms with E-state index in [1.54, 1.807) is 0 Å². The molecule has 0 saturated carbocycles. The van der Waals surface area contributed by atoms with E-state index in [2.05, 4.69) is 4.99 Å². The summed E-state index contributed by atoms with van der Waals surface area (Å²) < 4.78 is 16.4. The van der Waals surface area contributed by atoms with E-state index in [0.29, 0.717) is 19.0 Å². The topological polar surface area (TPSA) is 40.0 Å². The maximum atomic E-state index is 5.70. The third-order valence-electron chi connectivity index (χ3n) is 2.67. The van der Waals surface area contributed by atoms with E-state index < -0.39 is 8.60 Å². The van der Waals surface area contributed by atoms with Gasteiger partial charge in [-0.2, -0.15) is 0 Å². The minimum Gasteiger partial charge on any atom is -0.424 e. The first kappa shape index (κ1) is 13.3. The van der Waals surface area contributed by atoms with Gasteiger partial charge >= 0.3 is 8.60 Å². The second kappa shape index (κ2) is 6.62. The maximum Gasteiger partial charge on any atom is 0.397 e. The molecule has 0 atom stereocenters. The molecule has 1 fully saturated rings. The number of benzene rings is 2. The van der Waals surface area contributed by atoms with Crippen molar-refractivity contribution in [2.24, 2.45) is 4.99 Å². The van der Waals surface area contributed by atoms with Crippen molar-refractivity contribution in [1.29, 1.82) is 0 Å². The van der Waals surface area contributed by atoms with Crippen LogP contribution in [-0.4, -0.2) is 19.4 Å². The van der Waals surface area contributed by atoms with E-state index in [1.165, 1.54) is 0 Å². The standard InChI is InChI=1S/C15H14NO3P/c1-2-6-13(7-3-1)12-16-14-8-4-5-9-15(14)19-20-17-10-11-18-20/h1-9,12H,10-11H2. The van der Waals surface area contributed by atoms with E-state index in [0.717, 1.165) is 11.3 Å². The van der Waals surface area contributed by atoms with Crippen LogP contribution >= 0.6 is 8.60 Å². The molecular formula is C15H14NO3P. The highest BCUT2D eigenvalue weighted by atomic mass is 31.2. The van der Waals surface area contributed by atoms with Crippen molar-refractivity contribution in [2.75, 3.05) is 13.2 Å². The number of aliphatic imine (C=N–C) groups is 1. The van der Waals surface area contributed by atoms with Gasteiger partial charge in [0, 0.05) is 6.21 Å². The van der Waals surface area contributed by atoms with Crippen molar-refractivity contribution >= 4 is 20.5 Å². The van der Waals surface area contributed by atoms with Gasteiger partial charge in [0.05, 0.1) is 13.2 Å². The zero-order valence-corrected chi connectivity index (χ0v) is 11.7. The van der Waals surface area contributed by atoms with E-state index in [1.807, 2.05) is 60.8 Å². The Labute approximate surface area is 119 Å². The largest absolute Gasteiger partial charge is 0.424 e. The predicted molar refractivity (Wildman–Crippen MR) is 79.6 cm³/mol. The summed E-state index contributed by atoms with van der Waals surface area (Å²) >= 11 is 0. The number of rotatable bonds is 4. The fourth-order valence-electron chi connectivity index (χ4n) is 1.72. The van der Waals surface area contributed by atoms with Gasteiger partial charge < -0.3 is 13.6 Å². The van der Waals surface area contributed by atoms with Crippen molar-refractivity contribution < 1.29 is 13.6 Å². The summed E-state index contributed by atoms with van der Waals surface area (Å²) in [4.78, 5) is 4.47. The highest BCUT2D eigenvalue weighted by molar-refractivity contribution is 7.42. The molecule has 3 rings (SSSR count).